The second kappa shape index (κ2) is 10.3. The van der Waals surface area contributed by atoms with Gasteiger partial charge in [-0.3, -0.25) is 0 Å². The number of carboxylic acids is 1. The van der Waals surface area contributed by atoms with Gasteiger partial charge < -0.3 is 19.9 Å². The third-order valence-corrected chi connectivity index (χ3v) is 5.00. The van der Waals surface area contributed by atoms with Crippen LogP contribution in [0.3, 0.4) is 0 Å². The number of rotatable bonds is 8. The summed E-state index contributed by atoms with van der Waals surface area (Å²) in [5.41, 5.74) is 0.666. The fourth-order valence-corrected chi connectivity index (χ4v) is 3.60. The lowest BCUT2D eigenvalue weighted by Crippen LogP contribution is -2.48. The molecule has 3 aromatic rings. The van der Waals surface area contributed by atoms with Crippen molar-refractivity contribution in [3.63, 3.8) is 0 Å². The van der Waals surface area contributed by atoms with E-state index < -0.39 is 29.3 Å². The number of hydrogen-bond acceptors (Lipinski definition) is 4. The molecule has 2 N–H and O–H groups in total. The molecule has 0 spiro atoms. The predicted molar refractivity (Wildman–Crippen MR) is 126 cm³/mol. The van der Waals surface area contributed by atoms with Gasteiger partial charge in [0.05, 0.1) is 6.61 Å². The van der Waals surface area contributed by atoms with E-state index in [1.165, 1.54) is 0 Å². The van der Waals surface area contributed by atoms with Gasteiger partial charge >= 0.3 is 12.1 Å². The summed E-state index contributed by atoms with van der Waals surface area (Å²) in [5.74, 6) is -1.22. The van der Waals surface area contributed by atoms with E-state index in [-0.39, 0.29) is 6.61 Å². The Kier molecular flexibility index (Phi) is 7.51. The number of carbonyl (C=O) groups excluding carboxylic acids is 1. The molecule has 0 fully saturated rings. The zero-order valence-electron chi connectivity index (χ0n) is 19.0. The maximum atomic E-state index is 12.3. The van der Waals surface area contributed by atoms with Crippen LogP contribution in [0.15, 0.2) is 91.0 Å². The van der Waals surface area contributed by atoms with Gasteiger partial charge in [0.1, 0.15) is 11.2 Å². The van der Waals surface area contributed by atoms with Crippen molar-refractivity contribution >= 4 is 12.1 Å². The van der Waals surface area contributed by atoms with E-state index in [0.717, 1.165) is 16.7 Å². The van der Waals surface area contributed by atoms with Crippen molar-refractivity contribution in [3.05, 3.63) is 108 Å². The number of nitrogens with one attached hydrogen (secondary N) is 1. The fraction of sp³-hybridized carbons (Fsp3) is 0.259. The van der Waals surface area contributed by atoms with Gasteiger partial charge in [0.2, 0.25) is 0 Å². The van der Waals surface area contributed by atoms with Gasteiger partial charge in [0, 0.05) is 0 Å². The molecule has 0 radical (unpaired) electrons. The third kappa shape index (κ3) is 5.99. The van der Waals surface area contributed by atoms with Crippen LogP contribution >= 0.6 is 0 Å². The van der Waals surface area contributed by atoms with E-state index in [4.69, 9.17) is 9.47 Å². The van der Waals surface area contributed by atoms with E-state index in [1.807, 2.05) is 91.0 Å². The van der Waals surface area contributed by atoms with Crippen molar-refractivity contribution in [2.24, 2.45) is 0 Å². The predicted octanol–water partition coefficient (Wildman–Crippen LogP) is 4.97. The van der Waals surface area contributed by atoms with Crippen LogP contribution in [0.5, 0.6) is 0 Å². The quantitative estimate of drug-likeness (QED) is 0.476. The lowest BCUT2D eigenvalue weighted by Gasteiger charge is -2.36. The van der Waals surface area contributed by atoms with E-state index >= 15 is 0 Å². The maximum absolute atomic E-state index is 12.3. The van der Waals surface area contributed by atoms with Crippen molar-refractivity contribution in [2.45, 2.75) is 38.0 Å². The number of carboxylic acid groups (broad SMARTS) is 1. The molecule has 6 heteroatoms. The van der Waals surface area contributed by atoms with Crippen molar-refractivity contribution in [1.82, 2.24) is 5.32 Å². The van der Waals surface area contributed by atoms with Crippen LogP contribution in [0.1, 0.15) is 37.5 Å². The summed E-state index contributed by atoms with van der Waals surface area (Å²) in [4.78, 5) is 24.2. The van der Waals surface area contributed by atoms with Crippen LogP contribution in [-0.4, -0.2) is 35.4 Å². The molecule has 0 aromatic heterocycles. The highest BCUT2D eigenvalue weighted by molar-refractivity contribution is 5.80. The molecule has 0 aliphatic carbocycles. The molecule has 1 atom stereocenters. The number of carbonyl (C=O) groups is 2. The number of amides is 1. The second-order valence-electron chi connectivity index (χ2n) is 8.63. The first-order chi connectivity index (χ1) is 15.7. The Balaban J connectivity index is 2.03. The van der Waals surface area contributed by atoms with Crippen molar-refractivity contribution < 1.29 is 24.2 Å². The van der Waals surface area contributed by atoms with Crippen LogP contribution in [0, 0.1) is 0 Å². The smallest absolute Gasteiger partial charge is 0.408 e. The molecule has 0 saturated carbocycles. The summed E-state index contributed by atoms with van der Waals surface area (Å²) in [7, 11) is 0. The van der Waals surface area contributed by atoms with Crippen LogP contribution < -0.4 is 5.32 Å². The third-order valence-electron chi connectivity index (χ3n) is 5.00. The highest BCUT2D eigenvalue weighted by Crippen LogP contribution is 2.40. The molecule has 0 bridgehead atoms. The summed E-state index contributed by atoms with van der Waals surface area (Å²) in [6.07, 6.45) is -0.816. The first-order valence-electron chi connectivity index (χ1n) is 10.8. The summed E-state index contributed by atoms with van der Waals surface area (Å²) >= 11 is 0. The van der Waals surface area contributed by atoms with Crippen molar-refractivity contribution in [2.75, 3.05) is 6.61 Å². The average molecular weight is 448 g/mol. The summed E-state index contributed by atoms with van der Waals surface area (Å²) in [6, 6.07) is 27.5. The van der Waals surface area contributed by atoms with E-state index in [9.17, 15) is 14.7 Å². The molecule has 3 rings (SSSR count). The Morgan fingerprint density at radius 1 is 0.788 bits per heavy atom. The van der Waals surface area contributed by atoms with Gasteiger partial charge in [-0.15, -0.1) is 0 Å². The molecule has 0 heterocycles. The number of ether oxygens (including phenoxy) is 2. The van der Waals surface area contributed by atoms with Crippen LogP contribution in [-0.2, 0) is 19.9 Å². The maximum Gasteiger partial charge on any atom is 0.408 e. The molecule has 0 saturated heterocycles. The van der Waals surface area contributed by atoms with Crippen LogP contribution in [0.2, 0.25) is 0 Å². The van der Waals surface area contributed by atoms with Crippen molar-refractivity contribution in [1.29, 1.82) is 0 Å². The van der Waals surface area contributed by atoms with Gasteiger partial charge in [-0.25, -0.2) is 9.59 Å². The standard InChI is InChI=1S/C27H29NO5/c1-26(2,3)33-25(31)28-23(24(29)30)19-32-27(20-13-7-4-8-14-20,21-15-9-5-10-16-21)22-17-11-6-12-18-22/h4-18,23H,19H2,1-3H3,(H,28,31)(H,29,30). The molecule has 3 aromatic carbocycles. The van der Waals surface area contributed by atoms with Crippen LogP contribution in [0.4, 0.5) is 4.79 Å². The van der Waals surface area contributed by atoms with Gasteiger partial charge in [-0.2, -0.15) is 0 Å². The monoisotopic (exact) mass is 447 g/mol. The lowest BCUT2D eigenvalue weighted by atomic mass is 9.80. The lowest BCUT2D eigenvalue weighted by molar-refractivity contribution is -0.142. The Morgan fingerprint density at radius 2 is 1.18 bits per heavy atom. The largest absolute Gasteiger partial charge is 0.480 e. The van der Waals surface area contributed by atoms with E-state index in [1.54, 1.807) is 20.8 Å². The molecule has 172 valence electrons. The first-order valence-corrected chi connectivity index (χ1v) is 10.8. The van der Waals surface area contributed by atoms with Crippen molar-refractivity contribution in [3.8, 4) is 0 Å². The molecule has 1 unspecified atom stereocenters. The zero-order valence-corrected chi connectivity index (χ0v) is 19.0. The van der Waals surface area contributed by atoms with Gasteiger partial charge in [-0.1, -0.05) is 91.0 Å². The second-order valence-corrected chi connectivity index (χ2v) is 8.63. The fourth-order valence-electron chi connectivity index (χ4n) is 3.60. The molecule has 6 nitrogen and oxygen atoms in total. The Morgan fingerprint density at radius 3 is 1.52 bits per heavy atom. The zero-order chi connectivity index (χ0) is 23.9. The number of benzene rings is 3. The molecular formula is C27H29NO5. The Hall–Kier alpha value is -3.64. The van der Waals surface area contributed by atoms with E-state index in [0.29, 0.717) is 0 Å². The van der Waals surface area contributed by atoms with Gasteiger partial charge in [0.15, 0.2) is 6.04 Å². The molecule has 0 aliphatic rings. The summed E-state index contributed by atoms with van der Waals surface area (Å²) in [5, 5.41) is 12.2. The minimum absolute atomic E-state index is 0.284. The summed E-state index contributed by atoms with van der Waals surface area (Å²) < 4.78 is 11.7. The molecule has 1 amide bonds. The Labute approximate surface area is 194 Å². The SMILES string of the molecule is CC(C)(C)OC(=O)NC(COC(c1ccccc1)(c1ccccc1)c1ccccc1)C(=O)O. The minimum Gasteiger partial charge on any atom is -0.480 e. The molecule has 33 heavy (non-hydrogen) atoms. The van der Waals surface area contributed by atoms with Crippen LogP contribution in [0.25, 0.3) is 0 Å². The molecule has 0 aliphatic heterocycles. The highest BCUT2D eigenvalue weighted by Gasteiger charge is 2.39. The number of alkyl carbamates (subject to hydrolysis) is 1. The normalized spacial score (nSPS) is 12.6. The average Bonchev–Trinajstić information content (AvgIpc) is 2.79. The van der Waals surface area contributed by atoms with Gasteiger partial charge in [-0.05, 0) is 37.5 Å². The summed E-state index contributed by atoms with van der Waals surface area (Å²) in [6.45, 7) is 4.85. The van der Waals surface area contributed by atoms with E-state index in [2.05, 4.69) is 5.32 Å². The number of hydrogen-bond donors (Lipinski definition) is 2. The topological polar surface area (TPSA) is 84.9 Å². The molecular weight excluding hydrogens is 418 g/mol. The highest BCUT2D eigenvalue weighted by atomic mass is 16.6. The number of aliphatic carboxylic acids is 1. The Bertz CT molecular complexity index is 949. The minimum atomic E-state index is -1.31. The van der Waals surface area contributed by atoms with Gasteiger partial charge in [0.25, 0.3) is 0 Å². The first kappa shape index (κ1) is 24.0.